The van der Waals surface area contributed by atoms with Crippen molar-refractivity contribution in [2.75, 3.05) is 5.73 Å². The van der Waals surface area contributed by atoms with E-state index in [1.165, 1.54) is 0 Å². The van der Waals surface area contributed by atoms with Crippen LogP contribution in [0.3, 0.4) is 0 Å². The molecule has 0 amide bonds. The number of aromatic nitrogens is 2. The van der Waals surface area contributed by atoms with Crippen molar-refractivity contribution in [3.05, 3.63) is 9.67 Å². The summed E-state index contributed by atoms with van der Waals surface area (Å²) >= 11 is 0.768. The SMILES string of the molecule is CC(C)C(=O)n1nc(N)sc1=O. The third kappa shape index (κ3) is 1.53. The minimum Gasteiger partial charge on any atom is -0.374 e. The predicted molar refractivity (Wildman–Crippen MR) is 46.3 cm³/mol. The van der Waals surface area contributed by atoms with E-state index in [1.54, 1.807) is 13.8 Å². The van der Waals surface area contributed by atoms with Crippen LogP contribution in [0.1, 0.15) is 18.6 Å². The van der Waals surface area contributed by atoms with E-state index < -0.39 is 4.87 Å². The van der Waals surface area contributed by atoms with Gasteiger partial charge in [-0.1, -0.05) is 13.8 Å². The number of rotatable bonds is 1. The van der Waals surface area contributed by atoms with Gasteiger partial charge in [-0.25, -0.2) is 0 Å². The Morgan fingerprint density at radius 1 is 1.67 bits per heavy atom. The number of carbonyl (C=O) groups is 1. The van der Waals surface area contributed by atoms with Crippen LogP contribution in [0.2, 0.25) is 0 Å². The Balaban J connectivity index is 3.11. The van der Waals surface area contributed by atoms with E-state index in [4.69, 9.17) is 5.73 Å². The van der Waals surface area contributed by atoms with Crippen molar-refractivity contribution >= 4 is 22.4 Å². The van der Waals surface area contributed by atoms with Gasteiger partial charge < -0.3 is 5.73 Å². The van der Waals surface area contributed by atoms with Crippen LogP contribution in [-0.4, -0.2) is 15.7 Å². The van der Waals surface area contributed by atoms with Gasteiger partial charge in [0, 0.05) is 5.92 Å². The molecule has 12 heavy (non-hydrogen) atoms. The quantitative estimate of drug-likeness (QED) is 0.680. The molecule has 6 heteroatoms. The number of nitrogens with zero attached hydrogens (tertiary/aromatic N) is 2. The molecule has 0 saturated carbocycles. The normalized spacial score (nSPS) is 10.6. The molecule has 0 aliphatic carbocycles. The molecular formula is C6H9N3O2S. The molecule has 0 bridgehead atoms. The Bertz CT molecular complexity index is 352. The molecule has 0 aliphatic rings. The number of carbonyl (C=O) groups excluding carboxylic acids is 1. The molecule has 0 radical (unpaired) electrons. The van der Waals surface area contributed by atoms with E-state index in [0.29, 0.717) is 0 Å². The van der Waals surface area contributed by atoms with Crippen LogP contribution in [0.25, 0.3) is 0 Å². The molecule has 1 aromatic rings. The Morgan fingerprint density at radius 2 is 2.25 bits per heavy atom. The van der Waals surface area contributed by atoms with Crippen molar-refractivity contribution in [1.82, 2.24) is 9.78 Å². The van der Waals surface area contributed by atoms with Crippen LogP contribution < -0.4 is 10.6 Å². The fourth-order valence-corrected chi connectivity index (χ4v) is 1.19. The maximum Gasteiger partial charge on any atom is 0.334 e. The Kier molecular flexibility index (Phi) is 2.27. The lowest BCUT2D eigenvalue weighted by Crippen LogP contribution is -2.27. The average molecular weight is 187 g/mol. The first-order chi connectivity index (χ1) is 5.52. The minimum absolute atomic E-state index is 0.119. The van der Waals surface area contributed by atoms with Gasteiger partial charge in [-0.15, -0.1) is 5.10 Å². The molecule has 1 aromatic heterocycles. The third-order valence-corrected chi connectivity index (χ3v) is 1.90. The Morgan fingerprint density at radius 3 is 2.58 bits per heavy atom. The number of nitrogen functional groups attached to an aromatic ring is 1. The fourth-order valence-electron chi connectivity index (χ4n) is 0.676. The van der Waals surface area contributed by atoms with E-state index in [1.807, 2.05) is 0 Å². The molecular weight excluding hydrogens is 178 g/mol. The topological polar surface area (TPSA) is 78.0 Å². The van der Waals surface area contributed by atoms with E-state index in [9.17, 15) is 9.59 Å². The fraction of sp³-hybridized carbons (Fsp3) is 0.500. The zero-order valence-corrected chi connectivity index (χ0v) is 7.59. The van der Waals surface area contributed by atoms with Gasteiger partial charge in [0.25, 0.3) is 5.91 Å². The van der Waals surface area contributed by atoms with E-state index >= 15 is 0 Å². The number of hydrogen-bond acceptors (Lipinski definition) is 5. The number of nitrogens with two attached hydrogens (primary N) is 1. The lowest BCUT2D eigenvalue weighted by atomic mass is 10.2. The summed E-state index contributed by atoms with van der Waals surface area (Å²) in [6.45, 7) is 3.40. The molecule has 0 unspecified atom stereocenters. The first kappa shape index (κ1) is 8.92. The van der Waals surface area contributed by atoms with Gasteiger partial charge in [-0.3, -0.25) is 9.59 Å². The molecule has 0 saturated heterocycles. The monoisotopic (exact) mass is 187 g/mol. The Hall–Kier alpha value is -1.17. The van der Waals surface area contributed by atoms with Gasteiger partial charge >= 0.3 is 4.87 Å². The summed E-state index contributed by atoms with van der Waals surface area (Å²) in [6, 6.07) is 0. The van der Waals surface area contributed by atoms with Crippen molar-refractivity contribution in [2.45, 2.75) is 13.8 Å². The highest BCUT2D eigenvalue weighted by Crippen LogP contribution is 2.01. The van der Waals surface area contributed by atoms with Crippen LogP contribution in [0, 0.1) is 5.92 Å². The molecule has 5 nitrogen and oxygen atoms in total. The third-order valence-electron chi connectivity index (χ3n) is 1.27. The summed E-state index contributed by atoms with van der Waals surface area (Å²) in [4.78, 5) is 21.8. The van der Waals surface area contributed by atoms with Gasteiger partial charge in [0.05, 0.1) is 0 Å². The largest absolute Gasteiger partial charge is 0.374 e. The minimum atomic E-state index is -0.425. The van der Waals surface area contributed by atoms with Gasteiger partial charge in [-0.05, 0) is 11.3 Å². The highest BCUT2D eigenvalue weighted by atomic mass is 32.1. The molecule has 0 atom stereocenters. The molecule has 1 heterocycles. The second kappa shape index (κ2) is 3.06. The van der Waals surface area contributed by atoms with Crippen molar-refractivity contribution in [3.8, 4) is 0 Å². The van der Waals surface area contributed by atoms with E-state index in [2.05, 4.69) is 5.10 Å². The average Bonchev–Trinajstić information content (AvgIpc) is 2.28. The number of hydrogen-bond donors (Lipinski definition) is 1. The molecule has 66 valence electrons. The van der Waals surface area contributed by atoms with E-state index in [-0.39, 0.29) is 17.0 Å². The number of anilines is 1. The molecule has 0 aliphatic heterocycles. The standard InChI is InChI=1S/C6H9N3O2S/c1-3(2)4(10)9-6(11)12-5(7)8-9/h3H,1-2H3,(H2,7,8). The second-order valence-electron chi connectivity index (χ2n) is 2.61. The van der Waals surface area contributed by atoms with Gasteiger partial charge in [0.2, 0.25) is 5.13 Å². The van der Waals surface area contributed by atoms with Crippen LogP contribution in [-0.2, 0) is 0 Å². The lowest BCUT2D eigenvalue weighted by Gasteiger charge is -1.99. The maximum absolute atomic E-state index is 11.2. The van der Waals surface area contributed by atoms with Crippen molar-refractivity contribution in [3.63, 3.8) is 0 Å². The summed E-state index contributed by atoms with van der Waals surface area (Å²) in [5.74, 6) is -0.572. The predicted octanol–water partition coefficient (Wildman–Crippen LogP) is 0.183. The summed E-state index contributed by atoms with van der Waals surface area (Å²) < 4.78 is 0.810. The van der Waals surface area contributed by atoms with Gasteiger partial charge in [-0.2, -0.15) is 4.68 Å². The first-order valence-electron chi connectivity index (χ1n) is 3.42. The maximum atomic E-state index is 11.2. The summed E-state index contributed by atoms with van der Waals surface area (Å²) in [5, 5.41) is 3.70. The van der Waals surface area contributed by atoms with Crippen molar-refractivity contribution in [1.29, 1.82) is 0 Å². The highest BCUT2D eigenvalue weighted by Gasteiger charge is 2.14. The van der Waals surface area contributed by atoms with Crippen LogP contribution >= 0.6 is 11.3 Å². The van der Waals surface area contributed by atoms with Crippen LogP contribution in [0.4, 0.5) is 5.13 Å². The van der Waals surface area contributed by atoms with Gasteiger partial charge in [0.1, 0.15) is 0 Å². The van der Waals surface area contributed by atoms with Crippen molar-refractivity contribution < 1.29 is 4.79 Å². The Labute approximate surface area is 72.8 Å². The van der Waals surface area contributed by atoms with E-state index in [0.717, 1.165) is 16.0 Å². The van der Waals surface area contributed by atoms with Gasteiger partial charge in [0.15, 0.2) is 0 Å². The zero-order chi connectivity index (χ0) is 9.30. The molecule has 1 rings (SSSR count). The smallest absolute Gasteiger partial charge is 0.334 e. The summed E-state index contributed by atoms with van der Waals surface area (Å²) in [7, 11) is 0. The molecule has 2 N–H and O–H groups in total. The first-order valence-corrected chi connectivity index (χ1v) is 4.24. The summed E-state index contributed by atoms with van der Waals surface area (Å²) in [5.41, 5.74) is 5.25. The highest BCUT2D eigenvalue weighted by molar-refractivity contribution is 7.12. The summed E-state index contributed by atoms with van der Waals surface area (Å²) in [6.07, 6.45) is 0. The van der Waals surface area contributed by atoms with Crippen LogP contribution in [0.15, 0.2) is 4.79 Å². The zero-order valence-electron chi connectivity index (χ0n) is 6.77. The van der Waals surface area contributed by atoms with Crippen LogP contribution in [0.5, 0.6) is 0 Å². The molecule has 0 spiro atoms. The lowest BCUT2D eigenvalue weighted by molar-refractivity contribution is 0.0835. The molecule has 0 aromatic carbocycles. The second-order valence-corrected chi connectivity index (χ2v) is 3.58. The molecule has 0 fully saturated rings. The van der Waals surface area contributed by atoms with Crippen molar-refractivity contribution in [2.24, 2.45) is 5.92 Å².